The molecule has 10 atom stereocenters. The van der Waals surface area contributed by atoms with E-state index in [0.717, 1.165) is 11.6 Å². The minimum atomic E-state index is -1.73. The summed E-state index contributed by atoms with van der Waals surface area (Å²) in [6.07, 6.45) is -13.3. The van der Waals surface area contributed by atoms with Crippen molar-refractivity contribution < 1.29 is 69.3 Å². The van der Waals surface area contributed by atoms with Gasteiger partial charge in [-0.3, -0.25) is 4.79 Å². The fraction of sp³-hybridized carbons (Fsp3) is 0.469. The lowest BCUT2D eigenvalue weighted by Gasteiger charge is -2.39. The maximum atomic E-state index is 13.3. The van der Waals surface area contributed by atoms with E-state index >= 15 is 0 Å². The molecule has 3 heterocycles. The predicted octanol–water partition coefficient (Wildman–Crippen LogP) is -0.968. The molecular weight excluding hydrogens is 624 g/mol. The fourth-order valence-electron chi connectivity index (χ4n) is 5.38. The second-order valence-electron chi connectivity index (χ2n) is 11.7. The number of rotatable bonds is 9. The number of hydrogen-bond donors (Lipinski definition) is 9. The molecule has 0 spiro atoms. The van der Waals surface area contributed by atoms with Gasteiger partial charge < -0.3 is 69.3 Å². The Kier molecular flexibility index (Phi) is 10.5. The fourth-order valence-corrected chi connectivity index (χ4v) is 5.38. The average Bonchev–Trinajstić information content (AvgIpc) is 3.04. The number of allylic oxidation sites excluding steroid dienone is 2. The van der Waals surface area contributed by atoms with Gasteiger partial charge >= 0.3 is 0 Å². The predicted molar refractivity (Wildman–Crippen MR) is 162 cm³/mol. The van der Waals surface area contributed by atoms with Crippen molar-refractivity contribution >= 4 is 11.0 Å². The van der Waals surface area contributed by atoms with Crippen molar-refractivity contribution in [2.45, 2.75) is 81.7 Å². The molecule has 15 nitrogen and oxygen atoms in total. The van der Waals surface area contributed by atoms with Crippen molar-refractivity contribution in [1.29, 1.82) is 0 Å². The van der Waals surface area contributed by atoms with Crippen LogP contribution < -0.4 is 14.9 Å². The van der Waals surface area contributed by atoms with Crippen LogP contribution in [0.15, 0.2) is 57.3 Å². The van der Waals surface area contributed by atoms with Gasteiger partial charge in [0.2, 0.25) is 12.6 Å². The summed E-state index contributed by atoms with van der Waals surface area (Å²) < 4.78 is 28.5. The summed E-state index contributed by atoms with van der Waals surface area (Å²) in [5.74, 6) is -0.285. The van der Waals surface area contributed by atoms with E-state index in [-0.39, 0.29) is 40.2 Å². The number of aliphatic hydroxyl groups excluding tert-OH is 8. The molecular formula is C32H38O15. The van der Waals surface area contributed by atoms with E-state index < -0.39 is 85.8 Å². The molecule has 0 amide bonds. The number of benzene rings is 2. The number of phenolic OH excluding ortho intramolecular Hbond substituents is 1. The van der Waals surface area contributed by atoms with Gasteiger partial charge in [0.05, 0.1) is 13.2 Å². The summed E-state index contributed by atoms with van der Waals surface area (Å²) >= 11 is 0. The zero-order valence-corrected chi connectivity index (χ0v) is 25.4. The molecule has 47 heavy (non-hydrogen) atoms. The number of aromatic hydroxyl groups is 1. The number of hydrogen-bond acceptors (Lipinski definition) is 15. The highest BCUT2D eigenvalue weighted by Gasteiger charge is 2.46. The van der Waals surface area contributed by atoms with E-state index in [1.807, 2.05) is 19.9 Å². The smallest absolute Gasteiger partial charge is 0.229 e. The molecule has 0 bridgehead atoms. The van der Waals surface area contributed by atoms with Gasteiger partial charge in [0.15, 0.2) is 5.43 Å². The van der Waals surface area contributed by atoms with Crippen molar-refractivity contribution in [2.75, 3.05) is 13.2 Å². The van der Waals surface area contributed by atoms with Crippen LogP contribution in [0.25, 0.3) is 22.3 Å². The molecule has 0 radical (unpaired) electrons. The van der Waals surface area contributed by atoms with Gasteiger partial charge in [-0.25, -0.2) is 0 Å². The SMILES string of the molecule is CC(C)=CCc1c(O[C@@H]2O[C@H](CO)[C@@H](O)[C@H](O)[C@H]2O)cc(O)c2c(=O)cc(-c3ccc(O[C@@H]4O[C@H](CO)[C@@H](O)[C@H](O)[C@H]4O)cc3)oc12. The normalized spacial score (nSPS) is 31.0. The van der Waals surface area contributed by atoms with Crippen LogP contribution in [0.4, 0.5) is 0 Å². The van der Waals surface area contributed by atoms with Crippen LogP contribution in [0.3, 0.4) is 0 Å². The highest BCUT2D eigenvalue weighted by atomic mass is 16.7. The Morgan fingerprint density at radius 2 is 1.34 bits per heavy atom. The van der Waals surface area contributed by atoms with E-state index in [1.54, 1.807) is 0 Å². The first-order chi connectivity index (χ1) is 22.3. The standard InChI is InChI=1S/C32H38O15/c1-13(2)3-8-16-20(45-32-29(42)27(40)25(38)22(12-34)47-32)10-18(36)23-17(35)9-19(44-30(16)23)14-4-6-15(7-5-14)43-31-28(41)26(39)24(37)21(11-33)46-31/h3-7,9-10,21-22,24-29,31-34,36-42H,8,11-12H2,1-2H3/t21-,22-,24-,25-,26+,27+,28-,29-,31-,32-/m1/s1. The highest BCUT2D eigenvalue weighted by molar-refractivity contribution is 5.89. The Labute approximate surface area is 267 Å². The second-order valence-corrected chi connectivity index (χ2v) is 11.7. The van der Waals surface area contributed by atoms with Crippen LogP contribution in [-0.2, 0) is 15.9 Å². The van der Waals surface area contributed by atoms with Gasteiger partial charge in [0, 0.05) is 23.3 Å². The molecule has 3 aromatic rings. The Bertz CT molecular complexity index is 1630. The number of aliphatic hydroxyl groups is 8. The zero-order valence-electron chi connectivity index (χ0n) is 25.4. The molecule has 2 aliphatic heterocycles. The third-order valence-corrected chi connectivity index (χ3v) is 8.09. The van der Waals surface area contributed by atoms with E-state index in [2.05, 4.69) is 0 Å². The summed E-state index contributed by atoms with van der Waals surface area (Å²) in [4.78, 5) is 13.3. The maximum absolute atomic E-state index is 13.3. The van der Waals surface area contributed by atoms with E-state index in [1.165, 1.54) is 30.3 Å². The van der Waals surface area contributed by atoms with Crippen LogP contribution >= 0.6 is 0 Å². The lowest BCUT2D eigenvalue weighted by molar-refractivity contribution is -0.277. The van der Waals surface area contributed by atoms with E-state index in [0.29, 0.717) is 5.56 Å². The third kappa shape index (κ3) is 7.00. The van der Waals surface area contributed by atoms with Gasteiger partial charge in [0.25, 0.3) is 0 Å². The zero-order chi connectivity index (χ0) is 34.2. The molecule has 2 aliphatic rings. The largest absolute Gasteiger partial charge is 0.507 e. The minimum absolute atomic E-state index is 0.0359. The first-order valence-electron chi connectivity index (χ1n) is 14.8. The molecule has 9 N–H and O–H groups in total. The summed E-state index contributed by atoms with van der Waals surface area (Å²) in [7, 11) is 0. The Balaban J connectivity index is 1.50. The number of phenols is 1. The second kappa shape index (κ2) is 14.2. The quantitative estimate of drug-likeness (QED) is 0.125. The first kappa shape index (κ1) is 34.7. The van der Waals surface area contributed by atoms with Crippen molar-refractivity contribution in [3.8, 4) is 28.6 Å². The lowest BCUT2D eigenvalue weighted by Crippen LogP contribution is -2.60. The van der Waals surface area contributed by atoms with Crippen molar-refractivity contribution in [3.63, 3.8) is 0 Å². The molecule has 2 fully saturated rings. The molecule has 0 aliphatic carbocycles. The molecule has 256 valence electrons. The Morgan fingerprint density at radius 3 is 1.87 bits per heavy atom. The van der Waals surface area contributed by atoms with Crippen LogP contribution in [0.5, 0.6) is 17.2 Å². The summed E-state index contributed by atoms with van der Waals surface area (Å²) in [5.41, 5.74) is 0.971. The van der Waals surface area contributed by atoms with Gasteiger partial charge in [-0.15, -0.1) is 0 Å². The molecule has 0 unspecified atom stereocenters. The van der Waals surface area contributed by atoms with Gasteiger partial charge in [-0.1, -0.05) is 11.6 Å². The Hall–Kier alpha value is -3.61. The highest BCUT2D eigenvalue weighted by Crippen LogP contribution is 2.38. The number of ether oxygens (including phenoxy) is 4. The first-order valence-corrected chi connectivity index (χ1v) is 14.8. The third-order valence-electron chi connectivity index (χ3n) is 8.09. The molecule has 2 saturated heterocycles. The van der Waals surface area contributed by atoms with E-state index in [9.17, 15) is 50.8 Å². The van der Waals surface area contributed by atoms with Crippen LogP contribution in [0.2, 0.25) is 0 Å². The summed E-state index contributed by atoms with van der Waals surface area (Å²) in [6.45, 7) is 2.39. The van der Waals surface area contributed by atoms with E-state index in [4.69, 9.17) is 23.4 Å². The molecule has 2 aromatic carbocycles. The van der Waals surface area contributed by atoms with Gasteiger partial charge in [-0.05, 0) is 44.5 Å². The number of fused-ring (bicyclic) bond motifs is 1. The Morgan fingerprint density at radius 1 is 0.787 bits per heavy atom. The van der Waals surface area contributed by atoms with Crippen molar-refractivity contribution in [1.82, 2.24) is 0 Å². The monoisotopic (exact) mass is 662 g/mol. The van der Waals surface area contributed by atoms with Crippen LogP contribution in [-0.4, -0.2) is 121 Å². The maximum Gasteiger partial charge on any atom is 0.229 e. The van der Waals surface area contributed by atoms with Crippen molar-refractivity contribution in [3.05, 3.63) is 63.8 Å². The van der Waals surface area contributed by atoms with Crippen LogP contribution in [0, 0.1) is 0 Å². The molecule has 15 heteroatoms. The van der Waals surface area contributed by atoms with Crippen LogP contribution in [0.1, 0.15) is 19.4 Å². The lowest BCUT2D eigenvalue weighted by atomic mass is 9.99. The topological polar surface area (TPSA) is 249 Å². The summed E-state index contributed by atoms with van der Waals surface area (Å²) in [5, 5.41) is 91.0. The van der Waals surface area contributed by atoms with Gasteiger partial charge in [0.1, 0.15) is 82.8 Å². The molecule has 5 rings (SSSR count). The summed E-state index contributed by atoms with van der Waals surface area (Å²) in [6, 6.07) is 8.35. The minimum Gasteiger partial charge on any atom is -0.507 e. The van der Waals surface area contributed by atoms with Crippen molar-refractivity contribution in [2.24, 2.45) is 0 Å². The molecule has 0 saturated carbocycles. The molecule has 1 aromatic heterocycles. The van der Waals surface area contributed by atoms with Gasteiger partial charge in [-0.2, -0.15) is 0 Å². The average molecular weight is 663 g/mol.